The topological polar surface area (TPSA) is 55.4 Å². The Hall–Kier alpha value is -1.20. The third-order valence-electron chi connectivity index (χ3n) is 3.26. The van der Waals surface area contributed by atoms with E-state index in [4.69, 9.17) is 4.74 Å². The largest absolute Gasteiger partial charge is 0.381 e. The molecule has 104 valence electrons. The zero-order chi connectivity index (χ0) is 13.7. The molecule has 0 radical (unpaired) electrons. The van der Waals surface area contributed by atoms with Crippen molar-refractivity contribution in [2.45, 2.75) is 26.2 Å². The van der Waals surface area contributed by atoms with Crippen LogP contribution in [0.2, 0.25) is 0 Å². The van der Waals surface area contributed by atoms with Crippen LogP contribution in [0.4, 0.5) is 0 Å². The highest BCUT2D eigenvalue weighted by Crippen LogP contribution is 2.16. The van der Waals surface area contributed by atoms with Crippen LogP contribution in [0.15, 0.2) is 11.4 Å². The molecule has 1 N–H and O–H groups in total. The first-order valence-corrected chi connectivity index (χ1v) is 7.46. The van der Waals surface area contributed by atoms with Gasteiger partial charge < -0.3 is 10.1 Å². The molecule has 0 bridgehead atoms. The maximum atomic E-state index is 11.7. The Labute approximate surface area is 117 Å². The van der Waals surface area contributed by atoms with E-state index in [1.807, 2.05) is 5.38 Å². The minimum Gasteiger partial charge on any atom is -0.381 e. The molecule has 2 heterocycles. The smallest absolute Gasteiger partial charge is 0.224 e. The van der Waals surface area contributed by atoms with E-state index in [1.54, 1.807) is 13.0 Å². The van der Waals surface area contributed by atoms with E-state index in [0.717, 1.165) is 31.6 Å². The summed E-state index contributed by atoms with van der Waals surface area (Å²) in [5, 5.41) is 4.80. The molecule has 0 aliphatic carbocycles. The van der Waals surface area contributed by atoms with Crippen molar-refractivity contribution in [2.24, 2.45) is 5.92 Å². The summed E-state index contributed by atoms with van der Waals surface area (Å²) < 4.78 is 5.29. The molecular formula is C14H19NO3S. The first kappa shape index (κ1) is 14.2. The Balaban J connectivity index is 1.69. The van der Waals surface area contributed by atoms with E-state index in [-0.39, 0.29) is 11.7 Å². The predicted octanol–water partition coefficient (Wildman–Crippen LogP) is 2.04. The fourth-order valence-corrected chi connectivity index (χ4v) is 2.94. The second kappa shape index (κ2) is 6.82. The van der Waals surface area contributed by atoms with Crippen molar-refractivity contribution >= 4 is 23.0 Å². The molecule has 1 aliphatic heterocycles. The molecule has 1 atom stereocenters. The standard InChI is InChI=1S/C14H19NO3S/c1-10(16)13-6-12(9-19-13)7-14(17)15-4-2-11-3-5-18-8-11/h6,9,11H,2-5,7-8H2,1H3,(H,15,17). The number of carbonyl (C=O) groups excluding carboxylic acids is 2. The van der Waals surface area contributed by atoms with Gasteiger partial charge in [-0.15, -0.1) is 11.3 Å². The van der Waals surface area contributed by atoms with Crippen molar-refractivity contribution in [1.82, 2.24) is 5.32 Å². The summed E-state index contributed by atoms with van der Waals surface area (Å²) in [4.78, 5) is 23.6. The number of thiophene rings is 1. The first-order chi connectivity index (χ1) is 9.15. The Kier molecular flexibility index (Phi) is 5.10. The number of ketones is 1. The second-order valence-corrected chi connectivity index (χ2v) is 5.83. The van der Waals surface area contributed by atoms with Gasteiger partial charge in [-0.25, -0.2) is 0 Å². The van der Waals surface area contributed by atoms with Gasteiger partial charge >= 0.3 is 0 Å². The minimum atomic E-state index is 0.0202. The summed E-state index contributed by atoms with van der Waals surface area (Å²) in [7, 11) is 0. The van der Waals surface area contributed by atoms with Crippen molar-refractivity contribution < 1.29 is 14.3 Å². The van der Waals surface area contributed by atoms with E-state index < -0.39 is 0 Å². The fraction of sp³-hybridized carbons (Fsp3) is 0.571. The number of rotatable bonds is 6. The molecule has 1 fully saturated rings. The average Bonchev–Trinajstić information content (AvgIpc) is 3.00. The Morgan fingerprint density at radius 2 is 2.37 bits per heavy atom. The van der Waals surface area contributed by atoms with E-state index >= 15 is 0 Å². The number of carbonyl (C=O) groups is 2. The summed E-state index contributed by atoms with van der Waals surface area (Å²) in [6.07, 6.45) is 2.43. The normalized spacial score (nSPS) is 18.5. The zero-order valence-corrected chi connectivity index (χ0v) is 11.9. The van der Waals surface area contributed by atoms with Crippen LogP contribution in [0, 0.1) is 5.92 Å². The zero-order valence-electron chi connectivity index (χ0n) is 11.1. The van der Waals surface area contributed by atoms with E-state index in [2.05, 4.69) is 5.32 Å². The summed E-state index contributed by atoms with van der Waals surface area (Å²) >= 11 is 1.40. The van der Waals surface area contributed by atoms with Crippen LogP contribution in [-0.4, -0.2) is 31.4 Å². The predicted molar refractivity (Wildman–Crippen MR) is 74.6 cm³/mol. The van der Waals surface area contributed by atoms with Gasteiger partial charge in [0.2, 0.25) is 5.91 Å². The van der Waals surface area contributed by atoms with E-state index in [0.29, 0.717) is 23.8 Å². The molecule has 1 aromatic rings. The van der Waals surface area contributed by atoms with Gasteiger partial charge in [0.1, 0.15) is 0 Å². The van der Waals surface area contributed by atoms with Crippen LogP contribution >= 0.6 is 11.3 Å². The summed E-state index contributed by atoms with van der Waals surface area (Å²) in [6.45, 7) is 3.92. The number of amides is 1. The maximum absolute atomic E-state index is 11.7. The van der Waals surface area contributed by atoms with Crippen molar-refractivity contribution in [2.75, 3.05) is 19.8 Å². The Morgan fingerprint density at radius 3 is 3.00 bits per heavy atom. The summed E-state index contributed by atoms with van der Waals surface area (Å²) in [6, 6.07) is 1.80. The highest BCUT2D eigenvalue weighted by molar-refractivity contribution is 7.12. The Bertz CT molecular complexity index is 449. The van der Waals surface area contributed by atoms with Gasteiger partial charge in [-0.3, -0.25) is 9.59 Å². The molecule has 1 aromatic heterocycles. The molecule has 0 saturated carbocycles. The van der Waals surface area contributed by atoms with Crippen molar-refractivity contribution in [3.05, 3.63) is 21.9 Å². The molecule has 0 aromatic carbocycles. The monoisotopic (exact) mass is 281 g/mol. The third kappa shape index (κ3) is 4.44. The molecule has 2 rings (SSSR count). The van der Waals surface area contributed by atoms with Gasteiger partial charge in [0.05, 0.1) is 11.3 Å². The molecule has 1 unspecified atom stereocenters. The van der Waals surface area contributed by atoms with Gasteiger partial charge in [-0.05, 0) is 42.7 Å². The average molecular weight is 281 g/mol. The van der Waals surface area contributed by atoms with Crippen LogP contribution in [0.25, 0.3) is 0 Å². The molecule has 1 aliphatic rings. The van der Waals surface area contributed by atoms with Crippen LogP contribution in [0.3, 0.4) is 0 Å². The van der Waals surface area contributed by atoms with E-state index in [1.165, 1.54) is 11.3 Å². The van der Waals surface area contributed by atoms with Gasteiger partial charge in [0, 0.05) is 19.8 Å². The van der Waals surface area contributed by atoms with Crippen LogP contribution in [-0.2, 0) is 16.0 Å². The van der Waals surface area contributed by atoms with Crippen LogP contribution in [0.5, 0.6) is 0 Å². The lowest BCUT2D eigenvalue weighted by atomic mass is 10.1. The molecule has 0 spiro atoms. The third-order valence-corrected chi connectivity index (χ3v) is 4.34. The highest BCUT2D eigenvalue weighted by atomic mass is 32.1. The van der Waals surface area contributed by atoms with E-state index in [9.17, 15) is 9.59 Å². The van der Waals surface area contributed by atoms with Crippen LogP contribution in [0.1, 0.15) is 35.0 Å². The van der Waals surface area contributed by atoms with Crippen molar-refractivity contribution in [3.63, 3.8) is 0 Å². The van der Waals surface area contributed by atoms with Gasteiger partial charge in [0.25, 0.3) is 0 Å². The minimum absolute atomic E-state index is 0.0202. The lowest BCUT2D eigenvalue weighted by Gasteiger charge is -2.08. The Morgan fingerprint density at radius 1 is 1.53 bits per heavy atom. The molecular weight excluding hydrogens is 262 g/mol. The number of hydrogen-bond acceptors (Lipinski definition) is 4. The molecule has 4 nitrogen and oxygen atoms in total. The van der Waals surface area contributed by atoms with Crippen molar-refractivity contribution in [1.29, 1.82) is 0 Å². The van der Waals surface area contributed by atoms with Gasteiger partial charge in [0.15, 0.2) is 5.78 Å². The SMILES string of the molecule is CC(=O)c1cc(CC(=O)NCCC2CCOC2)cs1. The molecule has 1 amide bonds. The lowest BCUT2D eigenvalue weighted by Crippen LogP contribution is -2.27. The fourth-order valence-electron chi connectivity index (χ4n) is 2.13. The number of ether oxygens (including phenoxy) is 1. The first-order valence-electron chi connectivity index (χ1n) is 6.58. The van der Waals surface area contributed by atoms with Gasteiger partial charge in [-0.1, -0.05) is 0 Å². The van der Waals surface area contributed by atoms with Crippen molar-refractivity contribution in [3.8, 4) is 0 Å². The summed E-state index contributed by atoms with van der Waals surface area (Å²) in [5.74, 6) is 0.662. The molecule has 5 heteroatoms. The quantitative estimate of drug-likeness (QED) is 0.812. The maximum Gasteiger partial charge on any atom is 0.224 e. The number of hydrogen-bond donors (Lipinski definition) is 1. The number of nitrogens with one attached hydrogen (secondary N) is 1. The number of Topliss-reactive ketones (excluding diaryl/α,β-unsaturated/α-hetero) is 1. The van der Waals surface area contributed by atoms with Crippen LogP contribution < -0.4 is 5.32 Å². The lowest BCUT2D eigenvalue weighted by molar-refractivity contribution is -0.120. The highest BCUT2D eigenvalue weighted by Gasteiger charge is 2.15. The summed E-state index contributed by atoms with van der Waals surface area (Å²) in [5.41, 5.74) is 0.914. The molecule has 1 saturated heterocycles. The molecule has 19 heavy (non-hydrogen) atoms. The van der Waals surface area contributed by atoms with Gasteiger partial charge in [-0.2, -0.15) is 0 Å². The second-order valence-electron chi connectivity index (χ2n) is 4.92.